The van der Waals surface area contributed by atoms with Gasteiger partial charge in [0.25, 0.3) is 0 Å². The summed E-state index contributed by atoms with van der Waals surface area (Å²) in [7, 11) is 0. The molecule has 0 spiro atoms. The van der Waals surface area contributed by atoms with Crippen LogP contribution in [0.1, 0.15) is 28.8 Å². The van der Waals surface area contributed by atoms with Crippen molar-refractivity contribution in [2.45, 2.75) is 19.4 Å². The molecular weight excluding hydrogens is 266 g/mol. The summed E-state index contributed by atoms with van der Waals surface area (Å²) < 4.78 is 10.8. The third-order valence-electron chi connectivity index (χ3n) is 3.70. The molecule has 0 atom stereocenters. The Hall–Kier alpha value is -1.26. The molecule has 2 aliphatic rings. The number of hydrogen-bond donors (Lipinski definition) is 1. The third-order valence-corrected chi connectivity index (χ3v) is 3.70. The lowest BCUT2D eigenvalue weighted by atomic mass is 9.99. The molecule has 0 saturated carbocycles. The zero-order valence-corrected chi connectivity index (χ0v) is 11.5. The molecule has 1 aromatic carbocycles. The number of hydrogen-bond acceptors (Lipinski definition) is 3. The Labute approximate surface area is 118 Å². The quantitative estimate of drug-likeness (QED) is 0.636. The number of ether oxygens (including phenoxy) is 2. The lowest BCUT2D eigenvalue weighted by molar-refractivity contribution is -0.664. The van der Waals surface area contributed by atoms with Crippen LogP contribution >= 0.6 is 0 Å². The minimum absolute atomic E-state index is 0. The van der Waals surface area contributed by atoms with Crippen LogP contribution in [0.5, 0.6) is 5.75 Å². The molecule has 3 rings (SSSR count). The molecule has 104 valence electrons. The Kier molecular flexibility index (Phi) is 4.66. The predicted octanol–water partition coefficient (Wildman–Crippen LogP) is -2.29. The maximum atomic E-state index is 11.3. The summed E-state index contributed by atoms with van der Waals surface area (Å²) in [5.41, 5.74) is 1.61. The summed E-state index contributed by atoms with van der Waals surface area (Å²) in [6.45, 7) is 3.58. The summed E-state index contributed by atoms with van der Waals surface area (Å²) in [6.07, 6.45) is 2.46. The van der Waals surface area contributed by atoms with Crippen LogP contribution in [-0.2, 0) is 11.3 Å². The van der Waals surface area contributed by atoms with Crippen LogP contribution in [0.3, 0.4) is 0 Å². The minimum Gasteiger partial charge on any atom is -1.00 e. The van der Waals surface area contributed by atoms with E-state index < -0.39 is 0 Å². The molecule has 19 heavy (non-hydrogen) atoms. The predicted molar refractivity (Wildman–Crippen MR) is 65.4 cm³/mol. The second kappa shape index (κ2) is 6.26. The number of fused-ring (bicyclic) bond motifs is 1. The fourth-order valence-electron chi connectivity index (χ4n) is 2.58. The fourth-order valence-corrected chi connectivity index (χ4v) is 2.58. The van der Waals surface area contributed by atoms with Gasteiger partial charge in [-0.25, -0.2) is 4.79 Å². The second-order valence-corrected chi connectivity index (χ2v) is 5.02. The molecule has 0 aromatic heterocycles. The molecule has 4 nitrogen and oxygen atoms in total. The van der Waals surface area contributed by atoms with E-state index in [1.54, 1.807) is 6.07 Å². The van der Waals surface area contributed by atoms with E-state index in [-0.39, 0.29) is 18.4 Å². The average Bonchev–Trinajstić information content (AvgIpc) is 2.79. The summed E-state index contributed by atoms with van der Waals surface area (Å²) >= 11 is 0. The fraction of sp³-hybridized carbons (Fsp3) is 0.500. The summed E-state index contributed by atoms with van der Waals surface area (Å²) in [6, 6.07) is 5.59. The van der Waals surface area contributed by atoms with Gasteiger partial charge in [0.15, 0.2) is 0 Å². The van der Waals surface area contributed by atoms with Crippen molar-refractivity contribution >= 4 is 5.97 Å². The van der Waals surface area contributed by atoms with Crippen molar-refractivity contribution in [2.24, 2.45) is 5.92 Å². The van der Waals surface area contributed by atoms with Crippen molar-refractivity contribution in [3.05, 3.63) is 29.3 Å². The number of carbonyl (C=O) groups is 1. The number of rotatable bonds is 3. The maximum absolute atomic E-state index is 11.3. The monoisotopic (exact) mass is 283 g/mol. The molecule has 1 aromatic rings. The number of benzene rings is 1. The Bertz CT molecular complexity index is 458. The summed E-state index contributed by atoms with van der Waals surface area (Å²) in [5.74, 6) is 1.29. The molecule has 2 aliphatic heterocycles. The van der Waals surface area contributed by atoms with Crippen molar-refractivity contribution in [3.63, 3.8) is 0 Å². The van der Waals surface area contributed by atoms with Crippen LogP contribution < -0.4 is 22.5 Å². The third kappa shape index (κ3) is 3.19. The van der Waals surface area contributed by atoms with Gasteiger partial charge in [0.05, 0.1) is 25.3 Å². The summed E-state index contributed by atoms with van der Waals surface area (Å²) in [4.78, 5) is 11.3. The van der Waals surface area contributed by atoms with Gasteiger partial charge < -0.3 is 27.2 Å². The van der Waals surface area contributed by atoms with E-state index in [4.69, 9.17) is 9.47 Å². The Morgan fingerprint density at radius 3 is 2.89 bits per heavy atom. The standard InChI is InChI=1S/C14H17NO3.ClH/c16-14-13-2-1-12(7-11(13)9-18-14)17-8-10-3-5-15-6-4-10;/h1-2,7,10,15H,3-6,8-9H2;1H. The van der Waals surface area contributed by atoms with E-state index in [0.717, 1.165) is 17.9 Å². The number of cyclic esters (lactones) is 1. The van der Waals surface area contributed by atoms with Crippen LogP contribution in [0.15, 0.2) is 18.2 Å². The van der Waals surface area contributed by atoms with Gasteiger partial charge in [0.2, 0.25) is 0 Å². The number of piperidine rings is 1. The molecule has 1 saturated heterocycles. The van der Waals surface area contributed by atoms with Crippen LogP contribution in [0, 0.1) is 5.92 Å². The van der Waals surface area contributed by atoms with Crippen molar-refractivity contribution in [2.75, 3.05) is 19.7 Å². The van der Waals surface area contributed by atoms with E-state index in [1.807, 2.05) is 12.1 Å². The first-order valence-corrected chi connectivity index (χ1v) is 6.57. The van der Waals surface area contributed by atoms with Crippen LogP contribution in [-0.4, -0.2) is 25.7 Å². The zero-order valence-electron chi connectivity index (χ0n) is 10.7. The molecule has 0 bridgehead atoms. The van der Waals surface area contributed by atoms with Gasteiger partial charge in [0, 0.05) is 24.3 Å². The second-order valence-electron chi connectivity index (χ2n) is 5.02. The molecule has 2 heterocycles. The lowest BCUT2D eigenvalue weighted by Gasteiger charge is -2.20. The molecule has 0 amide bonds. The van der Waals surface area contributed by atoms with Crippen molar-refractivity contribution in [3.8, 4) is 5.75 Å². The number of nitrogens with two attached hydrogens (primary N) is 1. The highest BCUT2D eigenvalue weighted by molar-refractivity contribution is 5.93. The van der Waals surface area contributed by atoms with E-state index in [0.29, 0.717) is 18.1 Å². The highest BCUT2D eigenvalue weighted by Crippen LogP contribution is 2.25. The van der Waals surface area contributed by atoms with Crippen LogP contribution in [0.2, 0.25) is 0 Å². The number of quaternary nitrogens is 1. The number of halogens is 1. The average molecular weight is 284 g/mol. The Balaban J connectivity index is 0.00000133. The Morgan fingerprint density at radius 1 is 1.32 bits per heavy atom. The van der Waals surface area contributed by atoms with E-state index in [1.165, 1.54) is 25.9 Å². The molecule has 2 N–H and O–H groups in total. The van der Waals surface area contributed by atoms with Gasteiger partial charge in [-0.2, -0.15) is 0 Å². The highest BCUT2D eigenvalue weighted by atomic mass is 35.5. The molecular formula is C14H18ClNO3. The molecule has 1 fully saturated rings. The summed E-state index contributed by atoms with van der Waals surface area (Å²) in [5, 5.41) is 2.36. The SMILES string of the molecule is O=C1OCc2cc(OCC3CC[NH2+]CC3)ccc21.[Cl-]. The first-order chi connectivity index (χ1) is 8.83. The van der Waals surface area contributed by atoms with Gasteiger partial charge in [-0.1, -0.05) is 0 Å². The van der Waals surface area contributed by atoms with Crippen LogP contribution in [0.4, 0.5) is 0 Å². The number of carbonyl (C=O) groups excluding carboxylic acids is 1. The van der Waals surface area contributed by atoms with Gasteiger partial charge >= 0.3 is 5.97 Å². The topological polar surface area (TPSA) is 52.1 Å². The molecule has 0 unspecified atom stereocenters. The highest BCUT2D eigenvalue weighted by Gasteiger charge is 2.21. The van der Waals surface area contributed by atoms with Crippen molar-refractivity contribution in [1.29, 1.82) is 0 Å². The first-order valence-electron chi connectivity index (χ1n) is 6.57. The largest absolute Gasteiger partial charge is 1.00 e. The minimum atomic E-state index is -0.223. The molecule has 0 aliphatic carbocycles. The zero-order chi connectivity index (χ0) is 12.4. The van der Waals surface area contributed by atoms with Crippen LogP contribution in [0.25, 0.3) is 0 Å². The van der Waals surface area contributed by atoms with Gasteiger partial charge in [-0.3, -0.25) is 0 Å². The van der Waals surface area contributed by atoms with E-state index in [2.05, 4.69) is 5.32 Å². The first kappa shape index (κ1) is 14.2. The molecule has 0 radical (unpaired) electrons. The van der Waals surface area contributed by atoms with Gasteiger partial charge in [-0.15, -0.1) is 0 Å². The van der Waals surface area contributed by atoms with Crippen molar-refractivity contribution in [1.82, 2.24) is 0 Å². The van der Waals surface area contributed by atoms with E-state index >= 15 is 0 Å². The number of esters is 1. The molecule has 5 heteroatoms. The maximum Gasteiger partial charge on any atom is 0.338 e. The van der Waals surface area contributed by atoms with E-state index in [9.17, 15) is 4.79 Å². The Morgan fingerprint density at radius 2 is 2.11 bits per heavy atom. The smallest absolute Gasteiger partial charge is 0.338 e. The lowest BCUT2D eigenvalue weighted by Crippen LogP contribution is -3.00. The normalized spacial score (nSPS) is 18.4. The van der Waals surface area contributed by atoms with Gasteiger partial charge in [-0.05, 0) is 18.2 Å². The van der Waals surface area contributed by atoms with Crippen molar-refractivity contribution < 1.29 is 32.0 Å². The van der Waals surface area contributed by atoms with Gasteiger partial charge in [0.1, 0.15) is 12.4 Å².